The molecule has 3 atom stereocenters. The SMILES string of the molecule is Cc1cc(Nc2ncnc(-c3ccc(O[C@H]4CCN(C(=O)C(O)CO)C[C@H]4F)c(C#N)c3)n2)cnc1N1CCN(C2COC2)CC1. The molecule has 2 aromatic heterocycles. The Morgan fingerprint density at radius 2 is 2.00 bits per heavy atom. The van der Waals surface area contributed by atoms with E-state index in [0.717, 1.165) is 61.4 Å². The van der Waals surface area contributed by atoms with Crippen molar-refractivity contribution < 1.29 is 28.9 Å². The lowest BCUT2D eigenvalue weighted by atomic mass is 10.0. The first-order chi connectivity index (χ1) is 22.3. The van der Waals surface area contributed by atoms with Gasteiger partial charge in [0.25, 0.3) is 5.91 Å². The molecule has 3 saturated heterocycles. The number of aromatic nitrogens is 4. The molecule has 0 bridgehead atoms. The van der Waals surface area contributed by atoms with Gasteiger partial charge < -0.3 is 34.8 Å². The van der Waals surface area contributed by atoms with Crippen LogP contribution in [0, 0.1) is 18.3 Å². The zero-order chi connectivity index (χ0) is 32.2. The lowest BCUT2D eigenvalue weighted by Gasteiger charge is -2.43. The number of aryl methyl sites for hydroxylation is 1. The largest absolute Gasteiger partial charge is 0.486 e. The van der Waals surface area contributed by atoms with Crippen molar-refractivity contribution in [2.75, 3.05) is 69.3 Å². The minimum atomic E-state index is -1.58. The second kappa shape index (κ2) is 13.9. The summed E-state index contributed by atoms with van der Waals surface area (Å²) >= 11 is 0. The molecule has 0 radical (unpaired) electrons. The van der Waals surface area contributed by atoms with Crippen molar-refractivity contribution in [2.45, 2.75) is 37.8 Å². The van der Waals surface area contributed by atoms with Gasteiger partial charge in [0.2, 0.25) is 5.95 Å². The number of nitrogens with one attached hydrogen (secondary N) is 1. The van der Waals surface area contributed by atoms with Crippen molar-refractivity contribution in [3.8, 4) is 23.2 Å². The topological polar surface area (TPSA) is 173 Å². The minimum Gasteiger partial charge on any atom is -0.486 e. The van der Waals surface area contributed by atoms with Crippen LogP contribution >= 0.6 is 0 Å². The number of piperazine rings is 1. The van der Waals surface area contributed by atoms with Gasteiger partial charge in [-0.25, -0.2) is 19.3 Å². The van der Waals surface area contributed by atoms with Crippen LogP contribution in [0.1, 0.15) is 17.5 Å². The van der Waals surface area contributed by atoms with E-state index >= 15 is 0 Å². The van der Waals surface area contributed by atoms with Gasteiger partial charge >= 0.3 is 0 Å². The summed E-state index contributed by atoms with van der Waals surface area (Å²) in [7, 11) is 0. The van der Waals surface area contributed by atoms with Crippen LogP contribution < -0.4 is 15.0 Å². The van der Waals surface area contributed by atoms with Crippen LogP contribution in [0.25, 0.3) is 11.4 Å². The van der Waals surface area contributed by atoms with Crippen LogP contribution in [-0.4, -0.2) is 129 Å². The van der Waals surface area contributed by atoms with Gasteiger partial charge in [-0.2, -0.15) is 10.2 Å². The third-order valence-corrected chi connectivity index (χ3v) is 8.52. The zero-order valence-electron chi connectivity index (χ0n) is 25.4. The zero-order valence-corrected chi connectivity index (χ0v) is 25.4. The highest BCUT2D eigenvalue weighted by Crippen LogP contribution is 2.29. The van der Waals surface area contributed by atoms with E-state index in [2.05, 4.69) is 36.1 Å². The van der Waals surface area contributed by atoms with E-state index < -0.39 is 30.9 Å². The highest BCUT2D eigenvalue weighted by molar-refractivity contribution is 5.81. The monoisotopic (exact) mass is 633 g/mol. The maximum Gasteiger partial charge on any atom is 0.253 e. The summed E-state index contributed by atoms with van der Waals surface area (Å²) in [5.74, 6) is 1.05. The highest BCUT2D eigenvalue weighted by atomic mass is 19.1. The van der Waals surface area contributed by atoms with Crippen molar-refractivity contribution in [2.24, 2.45) is 0 Å². The fraction of sp³-hybridized carbons (Fsp3) is 0.484. The fourth-order valence-electron chi connectivity index (χ4n) is 5.85. The third kappa shape index (κ3) is 6.85. The fourth-order valence-corrected chi connectivity index (χ4v) is 5.85. The lowest BCUT2D eigenvalue weighted by molar-refractivity contribution is -0.146. The van der Waals surface area contributed by atoms with Gasteiger partial charge in [-0.1, -0.05) is 0 Å². The van der Waals surface area contributed by atoms with E-state index in [-0.39, 0.29) is 30.8 Å². The average molecular weight is 634 g/mol. The molecule has 0 aliphatic carbocycles. The number of piperidine rings is 1. The highest BCUT2D eigenvalue weighted by Gasteiger charge is 2.35. The molecule has 14 nitrogen and oxygen atoms in total. The smallest absolute Gasteiger partial charge is 0.253 e. The number of anilines is 3. The number of benzene rings is 1. The molecular weight excluding hydrogens is 597 g/mol. The Hall–Kier alpha value is -4.49. The molecule has 3 N–H and O–H groups in total. The van der Waals surface area contributed by atoms with Gasteiger partial charge in [0.05, 0.1) is 49.9 Å². The quantitative estimate of drug-likeness (QED) is 0.306. The number of aliphatic hydroxyl groups excluding tert-OH is 2. The summed E-state index contributed by atoms with van der Waals surface area (Å²) in [6.07, 6.45) is -0.736. The van der Waals surface area contributed by atoms with Crippen molar-refractivity contribution in [3.63, 3.8) is 0 Å². The Balaban J connectivity index is 1.09. The molecule has 242 valence electrons. The third-order valence-electron chi connectivity index (χ3n) is 8.52. The molecule has 1 unspecified atom stereocenters. The summed E-state index contributed by atoms with van der Waals surface area (Å²) in [4.78, 5) is 35.8. The Kier molecular flexibility index (Phi) is 9.50. The molecule has 3 fully saturated rings. The summed E-state index contributed by atoms with van der Waals surface area (Å²) < 4.78 is 26.1. The van der Waals surface area contributed by atoms with Crippen molar-refractivity contribution in [1.82, 2.24) is 29.7 Å². The average Bonchev–Trinajstić information content (AvgIpc) is 3.05. The number of hydrogen-bond acceptors (Lipinski definition) is 13. The molecule has 15 heteroatoms. The van der Waals surface area contributed by atoms with Crippen LogP contribution in [0.2, 0.25) is 0 Å². The minimum absolute atomic E-state index is 0.146. The van der Waals surface area contributed by atoms with Crippen LogP contribution in [0.15, 0.2) is 36.8 Å². The molecule has 1 aromatic carbocycles. The molecule has 46 heavy (non-hydrogen) atoms. The summed E-state index contributed by atoms with van der Waals surface area (Å²) in [5, 5.41) is 31.6. The second-order valence-corrected chi connectivity index (χ2v) is 11.6. The number of nitriles is 1. The van der Waals surface area contributed by atoms with E-state index in [0.29, 0.717) is 23.4 Å². The summed E-state index contributed by atoms with van der Waals surface area (Å²) in [5.41, 5.74) is 2.47. The number of pyridine rings is 1. The molecule has 3 aromatic rings. The number of amides is 1. The number of halogens is 1. The Labute approximate surface area is 265 Å². The van der Waals surface area contributed by atoms with Crippen molar-refractivity contribution in [1.29, 1.82) is 5.26 Å². The molecule has 0 saturated carbocycles. The number of carbonyl (C=O) groups excluding carboxylic acids is 1. The first kappa shape index (κ1) is 31.5. The van der Waals surface area contributed by atoms with Crippen LogP contribution in [0.4, 0.5) is 21.8 Å². The van der Waals surface area contributed by atoms with Crippen molar-refractivity contribution >= 4 is 23.4 Å². The molecule has 1 amide bonds. The van der Waals surface area contributed by atoms with Crippen LogP contribution in [0.3, 0.4) is 0 Å². The van der Waals surface area contributed by atoms with E-state index in [9.17, 15) is 19.6 Å². The Morgan fingerprint density at radius 1 is 1.20 bits per heavy atom. The molecule has 3 aliphatic rings. The van der Waals surface area contributed by atoms with E-state index in [4.69, 9.17) is 19.6 Å². The summed E-state index contributed by atoms with van der Waals surface area (Å²) in [6, 6.07) is 9.44. The van der Waals surface area contributed by atoms with Gasteiger partial charge in [0.1, 0.15) is 30.1 Å². The maximum atomic E-state index is 14.9. The molecule has 3 aliphatic heterocycles. The maximum absolute atomic E-state index is 14.9. The number of aliphatic hydroxyl groups is 2. The first-order valence-electron chi connectivity index (χ1n) is 15.3. The van der Waals surface area contributed by atoms with Crippen molar-refractivity contribution in [3.05, 3.63) is 47.9 Å². The molecule has 6 rings (SSSR count). The molecular formula is C31H36FN9O5. The number of rotatable bonds is 9. The Bertz CT molecular complexity index is 1590. The first-order valence-corrected chi connectivity index (χ1v) is 15.3. The van der Waals surface area contributed by atoms with Crippen LogP contribution in [0.5, 0.6) is 5.75 Å². The van der Waals surface area contributed by atoms with E-state index in [1.807, 2.05) is 13.0 Å². The van der Waals surface area contributed by atoms with Gasteiger partial charge in [-0.3, -0.25) is 9.69 Å². The van der Waals surface area contributed by atoms with Crippen LogP contribution in [-0.2, 0) is 9.53 Å². The van der Waals surface area contributed by atoms with E-state index in [1.54, 1.807) is 24.4 Å². The molecule has 0 spiro atoms. The van der Waals surface area contributed by atoms with Gasteiger partial charge in [0.15, 0.2) is 18.1 Å². The van der Waals surface area contributed by atoms with Gasteiger partial charge in [0, 0.05) is 44.7 Å². The standard InChI is InChI=1S/C31H36FN9O5/c1-19-10-22(13-34-29(19)40-8-6-39(7-9-40)23-16-45-17-23)37-31-36-18-35-28(38-31)20-2-3-26(21(11-20)12-33)46-27-4-5-41(14-24(27)32)30(44)25(43)15-42/h2-3,10-11,13,18,23-25,27,42-43H,4-9,14-17H2,1H3,(H,35,36,37,38)/t24-,25?,27+/m1/s1. The second-order valence-electron chi connectivity index (χ2n) is 11.6. The number of alkyl halides is 1. The van der Waals surface area contributed by atoms with E-state index in [1.165, 1.54) is 6.33 Å². The number of likely N-dealkylation sites (tertiary alicyclic amines) is 1. The Morgan fingerprint density at radius 3 is 2.67 bits per heavy atom. The predicted octanol–water partition coefficient (Wildman–Crippen LogP) is 1.05. The predicted molar refractivity (Wildman–Crippen MR) is 164 cm³/mol. The lowest BCUT2D eigenvalue weighted by Crippen LogP contribution is -2.56. The number of ether oxygens (including phenoxy) is 2. The van der Waals surface area contributed by atoms with Gasteiger partial charge in [-0.15, -0.1) is 0 Å². The summed E-state index contributed by atoms with van der Waals surface area (Å²) in [6.45, 7) is 6.59. The number of carbonyl (C=O) groups is 1. The number of hydrogen-bond donors (Lipinski definition) is 3. The molecule has 5 heterocycles. The van der Waals surface area contributed by atoms with Gasteiger partial charge in [-0.05, 0) is 36.8 Å². The normalized spacial score (nSPS) is 21.3. The number of nitrogens with zero attached hydrogens (tertiary/aromatic N) is 8.